The summed E-state index contributed by atoms with van der Waals surface area (Å²) in [4.78, 5) is 25.5. The minimum absolute atomic E-state index is 0.0768. The van der Waals surface area contributed by atoms with Crippen LogP contribution in [0.1, 0.15) is 46.4 Å². The first-order valence-electron chi connectivity index (χ1n) is 7.81. The van der Waals surface area contributed by atoms with Crippen molar-refractivity contribution in [2.75, 3.05) is 20.6 Å². The van der Waals surface area contributed by atoms with Gasteiger partial charge in [-0.05, 0) is 70.0 Å². The Labute approximate surface area is 131 Å². The normalized spacial score (nSPS) is 21.6. The third kappa shape index (κ3) is 4.56. The molecule has 0 heterocycles. The number of carbonyl (C=O) groups is 2. The van der Waals surface area contributed by atoms with E-state index in [1.165, 1.54) is 0 Å². The molecule has 0 aliphatic heterocycles. The quantitative estimate of drug-likeness (QED) is 0.868. The zero-order chi connectivity index (χ0) is 16.1. The number of carbonyl (C=O) groups excluding carboxylic acids is 2. The van der Waals surface area contributed by atoms with Crippen LogP contribution in [0.4, 0.5) is 0 Å². The van der Waals surface area contributed by atoms with Crippen LogP contribution in [0.5, 0.6) is 0 Å². The maximum Gasteiger partial charge on any atom is 0.251 e. The summed E-state index contributed by atoms with van der Waals surface area (Å²) in [5.41, 5.74) is 6.18. The summed E-state index contributed by atoms with van der Waals surface area (Å²) >= 11 is 0. The molecule has 2 amide bonds. The van der Waals surface area contributed by atoms with Crippen molar-refractivity contribution < 1.29 is 9.59 Å². The lowest BCUT2D eigenvalue weighted by molar-refractivity contribution is 0.0917. The fourth-order valence-corrected chi connectivity index (χ4v) is 3.06. The first kappa shape index (κ1) is 16.5. The van der Waals surface area contributed by atoms with E-state index >= 15 is 0 Å². The Balaban J connectivity index is 1.84. The predicted molar refractivity (Wildman–Crippen MR) is 86.7 cm³/mol. The average Bonchev–Trinajstić information content (AvgIpc) is 2.49. The molecule has 120 valence electrons. The van der Waals surface area contributed by atoms with E-state index in [-0.39, 0.29) is 11.9 Å². The largest absolute Gasteiger partial charge is 0.366 e. The maximum atomic E-state index is 12.2. The van der Waals surface area contributed by atoms with Gasteiger partial charge in [-0.25, -0.2) is 0 Å². The highest BCUT2D eigenvalue weighted by atomic mass is 16.2. The van der Waals surface area contributed by atoms with Gasteiger partial charge in [0.2, 0.25) is 5.91 Å². The van der Waals surface area contributed by atoms with E-state index in [0.717, 1.165) is 38.1 Å². The molecule has 0 spiro atoms. The highest BCUT2D eigenvalue weighted by Crippen LogP contribution is 2.24. The molecule has 1 aromatic rings. The lowest BCUT2D eigenvalue weighted by atomic mass is 9.85. The highest BCUT2D eigenvalue weighted by molar-refractivity contribution is 5.97. The molecule has 0 radical (unpaired) electrons. The summed E-state index contributed by atoms with van der Waals surface area (Å²) in [5, 5.41) is 3.09. The first-order valence-corrected chi connectivity index (χ1v) is 7.81. The topological polar surface area (TPSA) is 75.4 Å². The van der Waals surface area contributed by atoms with Gasteiger partial charge < -0.3 is 16.0 Å². The molecular weight excluding hydrogens is 278 g/mol. The van der Waals surface area contributed by atoms with Gasteiger partial charge in [0, 0.05) is 23.7 Å². The van der Waals surface area contributed by atoms with Crippen LogP contribution in [0, 0.1) is 5.92 Å². The second-order valence-corrected chi connectivity index (χ2v) is 6.39. The summed E-state index contributed by atoms with van der Waals surface area (Å²) in [6.07, 6.45) is 4.38. The summed E-state index contributed by atoms with van der Waals surface area (Å²) in [5.74, 6) is 0.177. The summed E-state index contributed by atoms with van der Waals surface area (Å²) in [6.45, 7) is 1.12. The Morgan fingerprint density at radius 2 is 1.64 bits per heavy atom. The van der Waals surface area contributed by atoms with Crippen LogP contribution < -0.4 is 11.1 Å². The number of nitrogens with two attached hydrogens (primary N) is 1. The van der Waals surface area contributed by atoms with E-state index in [2.05, 4.69) is 24.3 Å². The number of amides is 2. The molecule has 3 N–H and O–H groups in total. The first-order chi connectivity index (χ1) is 10.5. The van der Waals surface area contributed by atoms with Crippen molar-refractivity contribution in [1.29, 1.82) is 0 Å². The molecule has 0 atom stereocenters. The van der Waals surface area contributed by atoms with Crippen molar-refractivity contribution in [3.63, 3.8) is 0 Å². The lowest BCUT2D eigenvalue weighted by Gasteiger charge is -2.30. The van der Waals surface area contributed by atoms with Gasteiger partial charge in [-0.3, -0.25) is 9.59 Å². The Morgan fingerprint density at radius 3 is 2.14 bits per heavy atom. The van der Waals surface area contributed by atoms with Crippen molar-refractivity contribution >= 4 is 11.8 Å². The smallest absolute Gasteiger partial charge is 0.251 e. The third-order valence-electron chi connectivity index (χ3n) is 4.24. The molecule has 0 aromatic heterocycles. The van der Waals surface area contributed by atoms with Crippen LogP contribution >= 0.6 is 0 Å². The van der Waals surface area contributed by atoms with Gasteiger partial charge in [0.1, 0.15) is 0 Å². The molecule has 0 saturated heterocycles. The Hall–Kier alpha value is -1.88. The van der Waals surface area contributed by atoms with Gasteiger partial charge in [0.15, 0.2) is 0 Å². The molecule has 1 aliphatic rings. The van der Waals surface area contributed by atoms with Crippen LogP contribution in [-0.2, 0) is 0 Å². The minimum atomic E-state index is -0.480. The molecule has 0 bridgehead atoms. The van der Waals surface area contributed by atoms with Crippen LogP contribution in [-0.4, -0.2) is 43.4 Å². The molecule has 5 nitrogen and oxygen atoms in total. The number of hydrogen-bond donors (Lipinski definition) is 2. The Morgan fingerprint density at radius 1 is 1.09 bits per heavy atom. The van der Waals surface area contributed by atoms with E-state index in [1.807, 2.05) is 0 Å². The fraction of sp³-hybridized carbons (Fsp3) is 0.529. The number of rotatable bonds is 5. The number of benzene rings is 1. The monoisotopic (exact) mass is 303 g/mol. The molecule has 1 aliphatic carbocycles. The summed E-state index contributed by atoms with van der Waals surface area (Å²) < 4.78 is 0. The van der Waals surface area contributed by atoms with Gasteiger partial charge in [0.25, 0.3) is 5.91 Å². The van der Waals surface area contributed by atoms with Crippen molar-refractivity contribution in [1.82, 2.24) is 10.2 Å². The number of hydrogen-bond acceptors (Lipinski definition) is 3. The molecular formula is C17H25N3O2. The van der Waals surface area contributed by atoms with Gasteiger partial charge >= 0.3 is 0 Å². The van der Waals surface area contributed by atoms with E-state index in [0.29, 0.717) is 11.1 Å². The number of primary amides is 1. The van der Waals surface area contributed by atoms with Crippen molar-refractivity contribution in [2.24, 2.45) is 11.7 Å². The second kappa shape index (κ2) is 7.40. The summed E-state index contributed by atoms with van der Waals surface area (Å²) in [7, 11) is 4.20. The van der Waals surface area contributed by atoms with Crippen LogP contribution in [0.25, 0.3) is 0 Å². The standard InChI is InChI=1S/C17H25N3O2/c1-20(2)11-12-3-9-15(10-4-12)19-17(22)14-7-5-13(6-8-14)16(18)21/h5-8,12,15H,3-4,9-11H2,1-2H3,(H2,18,21)(H,19,22). The van der Waals surface area contributed by atoms with Gasteiger partial charge in [0.05, 0.1) is 0 Å². The number of nitrogens with one attached hydrogen (secondary N) is 1. The van der Waals surface area contributed by atoms with E-state index < -0.39 is 5.91 Å². The molecule has 1 aromatic carbocycles. The van der Waals surface area contributed by atoms with Crippen LogP contribution in [0.3, 0.4) is 0 Å². The second-order valence-electron chi connectivity index (χ2n) is 6.39. The minimum Gasteiger partial charge on any atom is -0.366 e. The van der Waals surface area contributed by atoms with Crippen LogP contribution in [0.15, 0.2) is 24.3 Å². The molecule has 2 rings (SSSR count). The third-order valence-corrected chi connectivity index (χ3v) is 4.24. The molecule has 0 unspecified atom stereocenters. The van der Waals surface area contributed by atoms with E-state index in [1.54, 1.807) is 24.3 Å². The van der Waals surface area contributed by atoms with E-state index in [4.69, 9.17) is 5.73 Å². The zero-order valence-corrected chi connectivity index (χ0v) is 13.3. The lowest BCUT2D eigenvalue weighted by Crippen LogP contribution is -2.39. The zero-order valence-electron chi connectivity index (χ0n) is 13.3. The van der Waals surface area contributed by atoms with Gasteiger partial charge in [-0.2, -0.15) is 0 Å². The van der Waals surface area contributed by atoms with Crippen LogP contribution in [0.2, 0.25) is 0 Å². The Kier molecular flexibility index (Phi) is 5.55. The van der Waals surface area contributed by atoms with Crippen molar-refractivity contribution in [3.8, 4) is 0 Å². The van der Waals surface area contributed by atoms with Crippen molar-refractivity contribution in [3.05, 3.63) is 35.4 Å². The number of nitrogens with zero attached hydrogens (tertiary/aromatic N) is 1. The van der Waals surface area contributed by atoms with E-state index in [9.17, 15) is 9.59 Å². The SMILES string of the molecule is CN(C)CC1CCC(NC(=O)c2ccc(C(N)=O)cc2)CC1. The predicted octanol–water partition coefficient (Wildman–Crippen LogP) is 1.64. The Bertz CT molecular complexity index is 517. The molecule has 1 saturated carbocycles. The highest BCUT2D eigenvalue weighted by Gasteiger charge is 2.23. The average molecular weight is 303 g/mol. The molecule has 5 heteroatoms. The van der Waals surface area contributed by atoms with Crippen molar-refractivity contribution in [2.45, 2.75) is 31.7 Å². The summed E-state index contributed by atoms with van der Waals surface area (Å²) in [6, 6.07) is 6.72. The van der Waals surface area contributed by atoms with Gasteiger partial charge in [-0.15, -0.1) is 0 Å². The van der Waals surface area contributed by atoms with Gasteiger partial charge in [-0.1, -0.05) is 0 Å². The maximum absolute atomic E-state index is 12.2. The molecule has 22 heavy (non-hydrogen) atoms. The molecule has 1 fully saturated rings. The fourth-order valence-electron chi connectivity index (χ4n) is 3.06.